The van der Waals surface area contributed by atoms with Crippen molar-refractivity contribution in [2.24, 2.45) is 10.9 Å². The third kappa shape index (κ3) is 7.39. The minimum atomic E-state index is -0.221. The van der Waals surface area contributed by atoms with Gasteiger partial charge >= 0.3 is 0 Å². The minimum Gasteiger partial charge on any atom is -0.367 e. The Labute approximate surface area is 214 Å². The number of guanidine groups is 1. The van der Waals surface area contributed by atoms with Crippen molar-refractivity contribution in [3.8, 4) is 0 Å². The lowest BCUT2D eigenvalue weighted by Gasteiger charge is -2.39. The fourth-order valence-electron chi connectivity index (χ4n) is 4.77. The molecule has 2 heterocycles. The lowest BCUT2D eigenvalue weighted by atomic mass is 10.1. The highest BCUT2D eigenvalue weighted by atomic mass is 127. The summed E-state index contributed by atoms with van der Waals surface area (Å²) in [5.41, 5.74) is 2.41. The second kappa shape index (κ2) is 12.7. The highest BCUT2D eigenvalue weighted by molar-refractivity contribution is 14.0. The van der Waals surface area contributed by atoms with Gasteiger partial charge in [0.15, 0.2) is 5.96 Å². The van der Waals surface area contributed by atoms with Crippen molar-refractivity contribution in [3.63, 3.8) is 0 Å². The van der Waals surface area contributed by atoms with Crippen LogP contribution in [0, 0.1) is 11.7 Å². The van der Waals surface area contributed by atoms with Crippen LogP contribution in [0.5, 0.6) is 0 Å². The summed E-state index contributed by atoms with van der Waals surface area (Å²) in [5.74, 6) is 1.34. The van der Waals surface area contributed by atoms with Crippen molar-refractivity contribution in [2.45, 2.75) is 32.0 Å². The van der Waals surface area contributed by atoms with Crippen LogP contribution in [0.25, 0.3) is 0 Å². The van der Waals surface area contributed by atoms with Gasteiger partial charge in [-0.3, -0.25) is 4.99 Å². The van der Waals surface area contributed by atoms with Gasteiger partial charge in [0.2, 0.25) is 0 Å². The van der Waals surface area contributed by atoms with Gasteiger partial charge in [-0.05, 0) is 55.5 Å². The van der Waals surface area contributed by atoms with Gasteiger partial charge in [0.1, 0.15) is 11.9 Å². The number of nitrogens with zero attached hydrogens (tertiary/aromatic N) is 3. The maximum atomic E-state index is 13.3. The van der Waals surface area contributed by atoms with Gasteiger partial charge in [-0.2, -0.15) is 0 Å². The molecule has 0 spiro atoms. The van der Waals surface area contributed by atoms with Gasteiger partial charge in [0, 0.05) is 33.2 Å². The highest BCUT2D eigenvalue weighted by Gasteiger charge is 2.29. The summed E-state index contributed by atoms with van der Waals surface area (Å²) in [6, 6.07) is 17.4. The fraction of sp³-hybridized carbons (Fsp3) is 0.500. The minimum absolute atomic E-state index is 0. The molecule has 2 aromatic carbocycles. The molecule has 3 atom stereocenters. The third-order valence-corrected chi connectivity index (χ3v) is 6.49. The van der Waals surface area contributed by atoms with E-state index in [0.29, 0.717) is 12.5 Å². The van der Waals surface area contributed by atoms with E-state index in [-0.39, 0.29) is 42.0 Å². The number of aliphatic imine (C=N–C) groups is 1. The molecule has 0 aromatic heterocycles. The van der Waals surface area contributed by atoms with Gasteiger partial charge in [-0.25, -0.2) is 4.39 Å². The predicted octanol–water partition coefficient (Wildman–Crippen LogP) is 4.35. The number of likely N-dealkylation sites (tertiary alicyclic amines) is 1. The highest BCUT2D eigenvalue weighted by Crippen LogP contribution is 2.25. The van der Waals surface area contributed by atoms with Crippen LogP contribution < -0.4 is 5.32 Å². The number of rotatable bonds is 6. The molecule has 0 aliphatic carbocycles. The van der Waals surface area contributed by atoms with Crippen molar-refractivity contribution in [1.82, 2.24) is 15.1 Å². The first-order chi connectivity index (χ1) is 15.6. The van der Waals surface area contributed by atoms with E-state index in [1.54, 1.807) is 0 Å². The van der Waals surface area contributed by atoms with Crippen LogP contribution in [-0.2, 0) is 11.2 Å². The second-order valence-electron chi connectivity index (χ2n) is 9.01. The summed E-state index contributed by atoms with van der Waals surface area (Å²) >= 11 is 0. The molecule has 1 N–H and O–H groups in total. The first-order valence-electron chi connectivity index (χ1n) is 11.7. The van der Waals surface area contributed by atoms with E-state index in [0.717, 1.165) is 44.1 Å². The predicted molar refractivity (Wildman–Crippen MR) is 143 cm³/mol. The Hall–Kier alpha value is -1.71. The largest absolute Gasteiger partial charge is 0.367 e. The Morgan fingerprint density at radius 2 is 1.85 bits per heavy atom. The number of ether oxygens (including phenoxy) is 1. The molecule has 2 fully saturated rings. The van der Waals surface area contributed by atoms with E-state index in [1.807, 2.05) is 19.2 Å². The molecular formula is C26H36FIN4O. The number of morpholine rings is 1. The van der Waals surface area contributed by atoms with E-state index in [2.05, 4.69) is 57.4 Å². The molecule has 2 aliphatic rings. The summed E-state index contributed by atoms with van der Waals surface area (Å²) in [6.07, 6.45) is 2.32. The van der Waals surface area contributed by atoms with Crippen LogP contribution in [0.1, 0.15) is 30.6 Å². The number of benzene rings is 2. The molecule has 0 saturated carbocycles. The Morgan fingerprint density at radius 3 is 2.58 bits per heavy atom. The van der Waals surface area contributed by atoms with Crippen LogP contribution in [-0.4, -0.2) is 68.2 Å². The maximum absolute atomic E-state index is 13.3. The molecule has 2 aliphatic heterocycles. The monoisotopic (exact) mass is 566 g/mol. The van der Waals surface area contributed by atoms with E-state index in [1.165, 1.54) is 30.7 Å². The first kappa shape index (κ1) is 25.9. The zero-order chi connectivity index (χ0) is 22.3. The van der Waals surface area contributed by atoms with Gasteiger partial charge in [0.05, 0.1) is 12.6 Å². The summed E-state index contributed by atoms with van der Waals surface area (Å²) in [4.78, 5) is 9.39. The van der Waals surface area contributed by atoms with Crippen LogP contribution in [0.15, 0.2) is 59.6 Å². The van der Waals surface area contributed by atoms with E-state index in [4.69, 9.17) is 4.74 Å². The lowest BCUT2D eigenvalue weighted by molar-refractivity contribution is -0.0605. The van der Waals surface area contributed by atoms with Gasteiger partial charge in [-0.15, -0.1) is 24.0 Å². The average Bonchev–Trinajstić information content (AvgIpc) is 3.27. The summed E-state index contributed by atoms with van der Waals surface area (Å²) in [5, 5.41) is 3.61. The van der Waals surface area contributed by atoms with Crippen molar-refractivity contribution in [2.75, 3.05) is 46.3 Å². The molecule has 7 heteroatoms. The molecule has 5 nitrogen and oxygen atoms in total. The molecule has 180 valence electrons. The zero-order valence-corrected chi connectivity index (χ0v) is 22.0. The quantitative estimate of drug-likeness (QED) is 0.321. The third-order valence-electron chi connectivity index (χ3n) is 6.49. The van der Waals surface area contributed by atoms with Gasteiger partial charge in [0.25, 0.3) is 0 Å². The van der Waals surface area contributed by atoms with Crippen LogP contribution in [0.4, 0.5) is 4.39 Å². The van der Waals surface area contributed by atoms with Gasteiger partial charge in [-0.1, -0.05) is 42.5 Å². The standard InChI is InChI=1S/C26H35FN4O.HI/c1-20-17-31(19-25(32-20)23-8-10-24(27)11-9-23)26(28-2)29-16-22-13-15-30(18-22)14-12-21-6-4-3-5-7-21;/h3-11,20,22,25H,12-19H2,1-2H3,(H,28,29);1H. The number of nitrogens with one attached hydrogen (secondary N) is 1. The maximum Gasteiger partial charge on any atom is 0.193 e. The van der Waals surface area contributed by atoms with Crippen molar-refractivity contribution in [1.29, 1.82) is 0 Å². The second-order valence-corrected chi connectivity index (χ2v) is 9.01. The van der Waals surface area contributed by atoms with E-state index >= 15 is 0 Å². The van der Waals surface area contributed by atoms with Crippen molar-refractivity contribution in [3.05, 3.63) is 71.5 Å². The molecule has 2 saturated heterocycles. The van der Waals surface area contributed by atoms with E-state index in [9.17, 15) is 4.39 Å². The molecular weight excluding hydrogens is 530 g/mol. The van der Waals surface area contributed by atoms with Crippen LogP contribution >= 0.6 is 24.0 Å². The van der Waals surface area contributed by atoms with Gasteiger partial charge < -0.3 is 19.9 Å². The molecule has 0 amide bonds. The molecule has 33 heavy (non-hydrogen) atoms. The molecule has 0 radical (unpaired) electrons. The number of halogens is 2. The SMILES string of the molecule is CN=C(NCC1CCN(CCc2ccccc2)C1)N1CC(C)OC(c2ccc(F)cc2)C1.I. The molecule has 3 unspecified atom stereocenters. The molecule has 0 bridgehead atoms. The number of hydrogen-bond donors (Lipinski definition) is 1. The summed E-state index contributed by atoms with van der Waals surface area (Å²) < 4.78 is 19.5. The zero-order valence-electron chi connectivity index (χ0n) is 19.6. The van der Waals surface area contributed by atoms with Crippen molar-refractivity contribution < 1.29 is 9.13 Å². The first-order valence-corrected chi connectivity index (χ1v) is 11.7. The lowest BCUT2D eigenvalue weighted by Crippen LogP contribution is -2.51. The Bertz CT molecular complexity index is 880. The van der Waals surface area contributed by atoms with Crippen molar-refractivity contribution >= 4 is 29.9 Å². The smallest absolute Gasteiger partial charge is 0.193 e. The molecule has 2 aromatic rings. The van der Waals surface area contributed by atoms with Crippen LogP contribution in [0.3, 0.4) is 0 Å². The van der Waals surface area contributed by atoms with E-state index < -0.39 is 0 Å². The summed E-state index contributed by atoms with van der Waals surface area (Å²) in [7, 11) is 1.84. The Morgan fingerprint density at radius 1 is 1.09 bits per heavy atom. The average molecular weight is 567 g/mol. The topological polar surface area (TPSA) is 40.1 Å². The molecule has 4 rings (SSSR count). The summed E-state index contributed by atoms with van der Waals surface area (Å²) in [6.45, 7) is 7.94. The number of hydrogen-bond acceptors (Lipinski definition) is 3. The Kier molecular flexibility index (Phi) is 9.94. The normalized spacial score (nSPS) is 23.9. The fourth-order valence-corrected chi connectivity index (χ4v) is 4.77. The Balaban J connectivity index is 0.00000306. The van der Waals surface area contributed by atoms with Crippen LogP contribution in [0.2, 0.25) is 0 Å².